The number of hydrogen-bond acceptors (Lipinski definition) is 11. The second-order valence-electron chi connectivity index (χ2n) is 9.15. The van der Waals surface area contributed by atoms with Crippen molar-refractivity contribution in [2.45, 2.75) is 63.3 Å². The van der Waals surface area contributed by atoms with Crippen LogP contribution in [0.25, 0.3) is 10.8 Å². The molecule has 0 saturated carbocycles. The van der Waals surface area contributed by atoms with E-state index in [0.29, 0.717) is 5.75 Å². The average Bonchev–Trinajstić information content (AvgIpc) is 3.27. The first-order chi connectivity index (χ1) is 18.1. The largest absolute Gasteiger partial charge is 0.487 e. The van der Waals surface area contributed by atoms with Gasteiger partial charge >= 0.3 is 23.9 Å². The van der Waals surface area contributed by atoms with Crippen LogP contribution in [0.3, 0.4) is 0 Å². The number of fused-ring (bicyclic) bond motifs is 5. The molecule has 2 aromatic rings. The highest BCUT2D eigenvalue weighted by Crippen LogP contribution is 2.52. The molecule has 204 valence electrons. The number of ether oxygens (including phenoxy) is 7. The lowest BCUT2D eigenvalue weighted by Gasteiger charge is -2.46. The molecular weight excluding hydrogens is 500 g/mol. The topological polar surface area (TPSA) is 133 Å². The van der Waals surface area contributed by atoms with Gasteiger partial charge < -0.3 is 33.2 Å². The molecule has 0 bridgehead atoms. The molecule has 0 aromatic heterocycles. The second-order valence-corrected chi connectivity index (χ2v) is 9.15. The van der Waals surface area contributed by atoms with E-state index in [1.165, 1.54) is 28.1 Å². The minimum Gasteiger partial charge on any atom is -0.487 e. The summed E-state index contributed by atoms with van der Waals surface area (Å²) in [5.41, 5.74) is 0.831. The van der Waals surface area contributed by atoms with Gasteiger partial charge in [0.25, 0.3) is 5.79 Å². The summed E-state index contributed by atoms with van der Waals surface area (Å²) in [5, 5.41) is 1.87. The fraction of sp³-hybridized carbons (Fsp3) is 0.481. The van der Waals surface area contributed by atoms with Gasteiger partial charge in [-0.1, -0.05) is 30.3 Å². The van der Waals surface area contributed by atoms with Gasteiger partial charge in [0.15, 0.2) is 12.2 Å². The van der Waals surface area contributed by atoms with E-state index in [1.807, 2.05) is 36.4 Å². The van der Waals surface area contributed by atoms with E-state index in [0.717, 1.165) is 23.3 Å². The van der Waals surface area contributed by atoms with Gasteiger partial charge in [0, 0.05) is 45.8 Å². The third-order valence-electron chi connectivity index (χ3n) is 6.69. The lowest BCUT2D eigenvalue weighted by atomic mass is 9.79. The highest BCUT2D eigenvalue weighted by molar-refractivity contribution is 5.89. The third kappa shape index (κ3) is 5.16. The summed E-state index contributed by atoms with van der Waals surface area (Å²) in [5.74, 6) is -4.68. The van der Waals surface area contributed by atoms with Crippen molar-refractivity contribution >= 4 is 34.6 Å². The molecule has 0 N–H and O–H groups in total. The van der Waals surface area contributed by atoms with Crippen LogP contribution in [0.1, 0.15) is 38.7 Å². The van der Waals surface area contributed by atoms with Gasteiger partial charge in [-0.15, -0.1) is 0 Å². The second kappa shape index (κ2) is 11.0. The number of rotatable bonds is 8. The van der Waals surface area contributed by atoms with Crippen molar-refractivity contribution in [3.05, 3.63) is 42.0 Å². The molecule has 38 heavy (non-hydrogen) atoms. The maximum atomic E-state index is 13.1. The van der Waals surface area contributed by atoms with Crippen LogP contribution >= 0.6 is 0 Å². The maximum absolute atomic E-state index is 13.1. The van der Waals surface area contributed by atoms with Crippen molar-refractivity contribution in [3.8, 4) is 5.75 Å². The Labute approximate surface area is 219 Å². The van der Waals surface area contributed by atoms with Gasteiger partial charge in [0.2, 0.25) is 0 Å². The van der Waals surface area contributed by atoms with Crippen molar-refractivity contribution in [2.24, 2.45) is 0 Å². The molecule has 6 atom stereocenters. The summed E-state index contributed by atoms with van der Waals surface area (Å²) in [6, 6.07) is 11.5. The first-order valence-electron chi connectivity index (χ1n) is 12.1. The van der Waals surface area contributed by atoms with Crippen molar-refractivity contribution < 1.29 is 52.3 Å². The normalized spacial score (nSPS) is 25.2. The van der Waals surface area contributed by atoms with Crippen molar-refractivity contribution in [2.75, 3.05) is 20.8 Å². The fourth-order valence-electron chi connectivity index (χ4n) is 5.20. The van der Waals surface area contributed by atoms with Gasteiger partial charge in [0.1, 0.15) is 24.6 Å². The minimum absolute atomic E-state index is 0.0350. The molecule has 0 unspecified atom stereocenters. The number of hydrogen-bond donors (Lipinski definition) is 0. The maximum Gasteiger partial charge on any atom is 0.366 e. The summed E-state index contributed by atoms with van der Waals surface area (Å²) in [6.45, 7) is 3.09. The zero-order valence-corrected chi connectivity index (χ0v) is 21.8. The van der Waals surface area contributed by atoms with Crippen molar-refractivity contribution in [1.82, 2.24) is 0 Å². The Morgan fingerprint density at radius 2 is 1.68 bits per heavy atom. The number of carbonyl (C=O) groups excluding carboxylic acids is 4. The highest BCUT2D eigenvalue weighted by atomic mass is 16.7. The molecule has 2 aliphatic rings. The minimum atomic E-state index is -1.90. The molecule has 11 heteroatoms. The molecule has 2 heterocycles. The van der Waals surface area contributed by atoms with E-state index in [4.69, 9.17) is 33.2 Å². The van der Waals surface area contributed by atoms with Crippen LogP contribution in [0, 0.1) is 0 Å². The predicted octanol–water partition coefficient (Wildman–Crippen LogP) is 2.42. The lowest BCUT2D eigenvalue weighted by molar-refractivity contribution is -0.304. The average molecular weight is 531 g/mol. The van der Waals surface area contributed by atoms with E-state index in [-0.39, 0.29) is 6.42 Å². The van der Waals surface area contributed by atoms with Crippen molar-refractivity contribution in [1.29, 1.82) is 0 Å². The SMILES string of the molecule is COC(=O)[C@]1(OC)C[C@H]2c3c(ccc4ccccc34)O[C@H]2[C@H]([C@H](OC(C)=O)[C@@H](COC(C)=O)OC(C)=O)O1. The van der Waals surface area contributed by atoms with Crippen molar-refractivity contribution in [3.63, 3.8) is 0 Å². The molecule has 11 nitrogen and oxygen atoms in total. The van der Waals surface area contributed by atoms with Crippen LogP contribution in [-0.2, 0) is 47.6 Å². The molecule has 0 amide bonds. The van der Waals surface area contributed by atoms with Gasteiger partial charge in [0.05, 0.1) is 7.11 Å². The molecule has 1 saturated heterocycles. The molecule has 2 aromatic carbocycles. The molecule has 1 fully saturated rings. The summed E-state index contributed by atoms with van der Waals surface area (Å²) in [6.07, 6.45) is -4.58. The Bertz CT molecular complexity index is 1240. The van der Waals surface area contributed by atoms with Gasteiger partial charge in [-0.2, -0.15) is 0 Å². The third-order valence-corrected chi connectivity index (χ3v) is 6.69. The van der Waals surface area contributed by atoms with Gasteiger partial charge in [-0.25, -0.2) is 4.79 Å². The van der Waals surface area contributed by atoms with Crippen LogP contribution in [-0.4, -0.2) is 74.9 Å². The number of carbonyl (C=O) groups is 4. The molecule has 0 spiro atoms. The van der Waals surface area contributed by atoms with Crippen LogP contribution in [0.4, 0.5) is 0 Å². The lowest BCUT2D eigenvalue weighted by Crippen LogP contribution is -2.63. The van der Waals surface area contributed by atoms with Crippen LogP contribution in [0.2, 0.25) is 0 Å². The zero-order valence-electron chi connectivity index (χ0n) is 21.8. The smallest absolute Gasteiger partial charge is 0.366 e. The van der Waals surface area contributed by atoms with Crippen LogP contribution in [0.5, 0.6) is 5.75 Å². The van der Waals surface area contributed by atoms with E-state index >= 15 is 0 Å². The standard InChI is InChI=1S/C27H30O11/c1-14(28)34-13-21(35-15(2)29)24(36-16(3)30)25-23-19(12-27(33-5,38-25)26(31)32-4)22-18-9-7-6-8-17(18)10-11-20(22)37-23/h6-11,19,21,23-25H,12-13H2,1-5H3/t19-,21+,23+,24+,25+,27-/m0/s1. The molecule has 4 rings (SSSR count). The Morgan fingerprint density at radius 3 is 2.32 bits per heavy atom. The van der Waals surface area contributed by atoms with E-state index in [9.17, 15) is 19.2 Å². The predicted molar refractivity (Wildman–Crippen MR) is 130 cm³/mol. The summed E-state index contributed by atoms with van der Waals surface area (Å²) in [7, 11) is 2.51. The van der Waals surface area contributed by atoms with Crippen LogP contribution in [0.15, 0.2) is 36.4 Å². The van der Waals surface area contributed by atoms with E-state index < -0.39 is 66.6 Å². The summed E-state index contributed by atoms with van der Waals surface area (Å²) < 4.78 is 39.4. The number of benzene rings is 2. The zero-order chi connectivity index (χ0) is 27.6. The fourth-order valence-corrected chi connectivity index (χ4v) is 5.20. The van der Waals surface area contributed by atoms with E-state index in [1.54, 1.807) is 0 Å². The Hall–Kier alpha value is -3.70. The van der Waals surface area contributed by atoms with Gasteiger partial charge in [-0.05, 0) is 16.8 Å². The molecule has 0 radical (unpaired) electrons. The Balaban J connectivity index is 1.86. The highest BCUT2D eigenvalue weighted by Gasteiger charge is 2.61. The first kappa shape index (κ1) is 27.3. The number of esters is 4. The van der Waals surface area contributed by atoms with E-state index in [2.05, 4.69) is 0 Å². The molecule has 2 aliphatic heterocycles. The summed E-state index contributed by atoms with van der Waals surface area (Å²) >= 11 is 0. The van der Waals surface area contributed by atoms with Gasteiger partial charge in [-0.3, -0.25) is 14.4 Å². The molecule has 0 aliphatic carbocycles. The number of methoxy groups -OCH3 is 2. The quantitative estimate of drug-likeness (QED) is 0.368. The Kier molecular flexibility index (Phi) is 7.89. The summed E-state index contributed by atoms with van der Waals surface area (Å²) in [4.78, 5) is 48.9. The first-order valence-corrected chi connectivity index (χ1v) is 12.1. The monoisotopic (exact) mass is 530 g/mol. The Morgan fingerprint density at radius 1 is 0.974 bits per heavy atom. The molecular formula is C27H30O11. The van der Waals surface area contributed by atoms with Crippen LogP contribution < -0.4 is 4.74 Å².